The molecule has 1 aliphatic heterocycles. The van der Waals surface area contributed by atoms with Crippen molar-refractivity contribution in [2.75, 3.05) is 13.1 Å². The van der Waals surface area contributed by atoms with E-state index in [0.29, 0.717) is 5.41 Å². The quantitative estimate of drug-likeness (QED) is 0.585. The maximum Gasteiger partial charge on any atom is 0.00205 e. The van der Waals surface area contributed by atoms with E-state index in [1.165, 1.54) is 13.1 Å². The summed E-state index contributed by atoms with van der Waals surface area (Å²) in [7, 11) is 0. The third kappa shape index (κ3) is 1.99. The van der Waals surface area contributed by atoms with Crippen LogP contribution in [0.3, 0.4) is 0 Å². The van der Waals surface area contributed by atoms with Crippen LogP contribution in [0, 0.1) is 5.41 Å². The van der Waals surface area contributed by atoms with E-state index < -0.39 is 0 Å². The van der Waals surface area contributed by atoms with E-state index in [2.05, 4.69) is 18.8 Å². The summed E-state index contributed by atoms with van der Waals surface area (Å²) in [6.07, 6.45) is 3.15. The lowest BCUT2D eigenvalue weighted by molar-refractivity contribution is 0.200. The Kier molecular flexibility index (Phi) is 3.23. The van der Waals surface area contributed by atoms with E-state index in [1.54, 1.807) is 0 Å². The van der Waals surface area contributed by atoms with Gasteiger partial charge in [-0.05, 0) is 11.8 Å². The van der Waals surface area contributed by atoms with Crippen molar-refractivity contribution < 1.29 is 0 Å². The summed E-state index contributed by atoms with van der Waals surface area (Å²) in [6.45, 7) is 8.31. The molecule has 1 rings (SSSR count). The van der Waals surface area contributed by atoms with Gasteiger partial charge < -0.3 is 5.32 Å². The van der Waals surface area contributed by atoms with Gasteiger partial charge in [0.25, 0.3) is 0 Å². The molecular weight excluding hydrogens is 134 g/mol. The molecule has 1 saturated heterocycles. The molecule has 0 aliphatic carbocycles. The second-order valence-corrected chi connectivity index (χ2v) is 2.91. The fourth-order valence-electron chi connectivity index (χ4n) is 1.04. The van der Waals surface area contributed by atoms with Crippen LogP contribution in [0.25, 0.3) is 0 Å². The molecule has 0 aromatic carbocycles. The molecule has 54 valence electrons. The zero-order chi connectivity index (χ0) is 6.04. The normalized spacial score (nSPS) is 21.4. The summed E-state index contributed by atoms with van der Waals surface area (Å²) in [5.74, 6) is 0. The van der Waals surface area contributed by atoms with Crippen molar-refractivity contribution >= 4 is 12.4 Å². The van der Waals surface area contributed by atoms with Crippen molar-refractivity contribution in [2.45, 2.75) is 13.3 Å². The minimum atomic E-state index is 0. The first-order valence-electron chi connectivity index (χ1n) is 3.08. The molecule has 0 aromatic heterocycles. The number of rotatable bonds is 2. The molecule has 0 amide bonds. The lowest BCUT2D eigenvalue weighted by Crippen LogP contribution is -2.50. The third-order valence-corrected chi connectivity index (χ3v) is 1.74. The maximum absolute atomic E-state index is 3.70. The van der Waals surface area contributed by atoms with Gasteiger partial charge in [0, 0.05) is 13.1 Å². The molecule has 2 heteroatoms. The highest BCUT2D eigenvalue weighted by atomic mass is 35.5. The summed E-state index contributed by atoms with van der Waals surface area (Å²) in [5, 5.41) is 3.24. The van der Waals surface area contributed by atoms with Gasteiger partial charge in [0.05, 0.1) is 0 Å². The van der Waals surface area contributed by atoms with Crippen LogP contribution < -0.4 is 5.32 Å². The van der Waals surface area contributed by atoms with Crippen LogP contribution in [0.5, 0.6) is 0 Å². The fraction of sp³-hybridized carbons (Fsp3) is 0.714. The first-order valence-corrected chi connectivity index (χ1v) is 3.08. The number of nitrogens with one attached hydrogen (secondary N) is 1. The highest BCUT2D eigenvalue weighted by Gasteiger charge is 2.29. The van der Waals surface area contributed by atoms with Crippen LogP contribution in [-0.4, -0.2) is 13.1 Å². The molecule has 0 aromatic rings. The third-order valence-electron chi connectivity index (χ3n) is 1.74. The summed E-state index contributed by atoms with van der Waals surface area (Å²) in [5.41, 5.74) is 0.543. The lowest BCUT2D eigenvalue weighted by Gasteiger charge is -2.38. The van der Waals surface area contributed by atoms with Gasteiger partial charge in [0.1, 0.15) is 0 Å². The Bertz CT molecular complexity index is 97.1. The van der Waals surface area contributed by atoms with Crippen LogP contribution in [0.1, 0.15) is 13.3 Å². The monoisotopic (exact) mass is 147 g/mol. The molecule has 0 radical (unpaired) electrons. The molecule has 0 bridgehead atoms. The van der Waals surface area contributed by atoms with Gasteiger partial charge in [0.15, 0.2) is 0 Å². The molecule has 0 unspecified atom stereocenters. The SMILES string of the molecule is C=CCC1(C)CNC1.Cl. The van der Waals surface area contributed by atoms with Crippen molar-refractivity contribution in [3.63, 3.8) is 0 Å². The molecular formula is C7H14ClN. The number of halogens is 1. The summed E-state index contributed by atoms with van der Waals surface area (Å²) in [6, 6.07) is 0. The Hall–Kier alpha value is -0.0100. The van der Waals surface area contributed by atoms with Crippen LogP contribution in [0.2, 0.25) is 0 Å². The van der Waals surface area contributed by atoms with Crippen LogP contribution in [0.15, 0.2) is 12.7 Å². The maximum atomic E-state index is 3.70. The number of hydrogen-bond acceptors (Lipinski definition) is 1. The van der Waals surface area contributed by atoms with Crippen LogP contribution >= 0.6 is 12.4 Å². The lowest BCUT2D eigenvalue weighted by atomic mass is 9.81. The average molecular weight is 148 g/mol. The second-order valence-electron chi connectivity index (χ2n) is 2.91. The average Bonchev–Trinajstić information content (AvgIpc) is 1.64. The van der Waals surface area contributed by atoms with Crippen molar-refractivity contribution in [2.24, 2.45) is 5.41 Å². The molecule has 0 atom stereocenters. The van der Waals surface area contributed by atoms with E-state index in [0.717, 1.165) is 6.42 Å². The Morgan fingerprint density at radius 2 is 2.22 bits per heavy atom. The molecule has 0 spiro atoms. The predicted molar refractivity (Wildman–Crippen MR) is 43.0 cm³/mol. The summed E-state index contributed by atoms with van der Waals surface area (Å²) >= 11 is 0. The zero-order valence-corrected chi connectivity index (χ0v) is 6.63. The second kappa shape index (κ2) is 3.23. The Morgan fingerprint density at radius 3 is 2.33 bits per heavy atom. The van der Waals surface area contributed by atoms with Gasteiger partial charge in [-0.15, -0.1) is 19.0 Å². The van der Waals surface area contributed by atoms with Gasteiger partial charge >= 0.3 is 0 Å². The van der Waals surface area contributed by atoms with Crippen LogP contribution in [0.4, 0.5) is 0 Å². The minimum absolute atomic E-state index is 0. The molecule has 9 heavy (non-hydrogen) atoms. The van der Waals surface area contributed by atoms with Gasteiger partial charge in [-0.25, -0.2) is 0 Å². The highest BCUT2D eigenvalue weighted by Crippen LogP contribution is 2.25. The Balaban J connectivity index is 0.000000640. The van der Waals surface area contributed by atoms with E-state index >= 15 is 0 Å². The van der Waals surface area contributed by atoms with Crippen molar-refractivity contribution in [3.05, 3.63) is 12.7 Å². The van der Waals surface area contributed by atoms with Crippen molar-refractivity contribution in [1.29, 1.82) is 0 Å². The van der Waals surface area contributed by atoms with Crippen LogP contribution in [-0.2, 0) is 0 Å². The Labute approximate surface area is 62.9 Å². The van der Waals surface area contributed by atoms with Crippen molar-refractivity contribution in [1.82, 2.24) is 5.32 Å². The molecule has 0 saturated carbocycles. The topological polar surface area (TPSA) is 12.0 Å². The van der Waals surface area contributed by atoms with E-state index in [-0.39, 0.29) is 12.4 Å². The van der Waals surface area contributed by atoms with Gasteiger partial charge in [-0.1, -0.05) is 13.0 Å². The van der Waals surface area contributed by atoms with Gasteiger partial charge in [0.2, 0.25) is 0 Å². The minimum Gasteiger partial charge on any atom is -0.316 e. The first-order chi connectivity index (χ1) is 3.77. The summed E-state index contributed by atoms with van der Waals surface area (Å²) in [4.78, 5) is 0. The largest absolute Gasteiger partial charge is 0.316 e. The first kappa shape index (κ1) is 8.99. The van der Waals surface area contributed by atoms with Gasteiger partial charge in [-0.2, -0.15) is 0 Å². The number of hydrogen-bond donors (Lipinski definition) is 1. The van der Waals surface area contributed by atoms with E-state index in [9.17, 15) is 0 Å². The predicted octanol–water partition coefficient (Wildman–Crippen LogP) is 1.59. The molecule has 1 aliphatic rings. The molecule has 1 heterocycles. The highest BCUT2D eigenvalue weighted by molar-refractivity contribution is 5.85. The molecule has 1 fully saturated rings. The Morgan fingerprint density at radius 1 is 1.67 bits per heavy atom. The van der Waals surface area contributed by atoms with Gasteiger partial charge in [-0.3, -0.25) is 0 Å². The smallest absolute Gasteiger partial charge is 0.00205 e. The fourth-order valence-corrected chi connectivity index (χ4v) is 1.04. The van der Waals surface area contributed by atoms with E-state index in [4.69, 9.17) is 0 Å². The standard InChI is InChI=1S/C7H13N.ClH/c1-3-4-7(2)5-8-6-7;/h3,8H,1,4-6H2,2H3;1H. The molecule has 1 nitrogen and oxygen atoms in total. The molecule has 1 N–H and O–H groups in total. The number of allylic oxidation sites excluding steroid dienone is 1. The summed E-state index contributed by atoms with van der Waals surface area (Å²) < 4.78 is 0. The van der Waals surface area contributed by atoms with Crippen molar-refractivity contribution in [3.8, 4) is 0 Å². The zero-order valence-electron chi connectivity index (χ0n) is 5.81. The van der Waals surface area contributed by atoms with E-state index in [1.807, 2.05) is 6.08 Å².